The van der Waals surface area contributed by atoms with E-state index in [0.29, 0.717) is 6.61 Å². The van der Waals surface area contributed by atoms with Gasteiger partial charge in [0.1, 0.15) is 11.5 Å². The maximum Gasteiger partial charge on any atom is 0.123 e. The van der Waals surface area contributed by atoms with Gasteiger partial charge in [0, 0.05) is 6.07 Å². The molecule has 0 fully saturated rings. The van der Waals surface area contributed by atoms with Gasteiger partial charge in [-0.1, -0.05) is 13.8 Å². The van der Waals surface area contributed by atoms with Crippen molar-refractivity contribution < 1.29 is 9.47 Å². The van der Waals surface area contributed by atoms with Gasteiger partial charge >= 0.3 is 0 Å². The summed E-state index contributed by atoms with van der Waals surface area (Å²) in [5, 5.41) is 0. The Kier molecular flexibility index (Phi) is 3.81. The second-order valence-electron chi connectivity index (χ2n) is 3.33. The molecule has 0 amide bonds. The van der Waals surface area contributed by atoms with Crippen molar-refractivity contribution in [2.24, 2.45) is 0 Å². The van der Waals surface area contributed by atoms with Crippen LogP contribution in [0.15, 0.2) is 18.2 Å². The highest BCUT2D eigenvalue weighted by molar-refractivity contribution is 5.43. The van der Waals surface area contributed by atoms with Crippen LogP contribution in [0, 0.1) is 5.92 Å². The minimum Gasteiger partial charge on any atom is -0.497 e. The monoisotopic (exact) mass is 193 g/mol. The van der Waals surface area contributed by atoms with Crippen molar-refractivity contribution in [3.05, 3.63) is 29.7 Å². The Hall–Kier alpha value is -1.18. The predicted octanol–water partition coefficient (Wildman–Crippen LogP) is 3.06. The molecule has 77 valence electrons. The van der Waals surface area contributed by atoms with Gasteiger partial charge in [0.05, 0.1) is 13.7 Å². The summed E-state index contributed by atoms with van der Waals surface area (Å²) in [6, 6.07) is 5.94. The first-order valence-corrected chi connectivity index (χ1v) is 4.79. The highest BCUT2D eigenvalue weighted by Gasteiger charge is 2.05. The molecule has 0 atom stereocenters. The average Bonchev–Trinajstić information content (AvgIpc) is 2.17. The Morgan fingerprint density at radius 2 is 1.79 bits per heavy atom. The molecule has 1 aromatic rings. The van der Waals surface area contributed by atoms with E-state index >= 15 is 0 Å². The largest absolute Gasteiger partial charge is 0.497 e. The first kappa shape index (κ1) is 10.9. The highest BCUT2D eigenvalue weighted by Crippen LogP contribution is 2.26. The van der Waals surface area contributed by atoms with Crippen LogP contribution >= 0.6 is 0 Å². The van der Waals surface area contributed by atoms with E-state index in [1.165, 1.54) is 5.92 Å². The van der Waals surface area contributed by atoms with E-state index in [-0.39, 0.29) is 0 Å². The third-order valence-corrected chi connectivity index (χ3v) is 2.00. The van der Waals surface area contributed by atoms with Gasteiger partial charge < -0.3 is 9.47 Å². The molecule has 2 nitrogen and oxygen atoms in total. The lowest BCUT2D eigenvalue weighted by Crippen LogP contribution is -1.96. The Morgan fingerprint density at radius 3 is 2.29 bits per heavy atom. The fraction of sp³-hybridized carbons (Fsp3) is 0.417. The second-order valence-corrected chi connectivity index (χ2v) is 3.33. The zero-order chi connectivity index (χ0) is 10.6. The number of ether oxygens (including phenoxy) is 2. The Balaban J connectivity index is 3.00. The summed E-state index contributed by atoms with van der Waals surface area (Å²) in [4.78, 5) is 0. The summed E-state index contributed by atoms with van der Waals surface area (Å²) >= 11 is 0. The molecule has 0 aliphatic rings. The van der Waals surface area contributed by atoms with Crippen molar-refractivity contribution in [3.63, 3.8) is 0 Å². The molecule has 0 bridgehead atoms. The second kappa shape index (κ2) is 4.89. The van der Waals surface area contributed by atoms with Crippen LogP contribution in [0.5, 0.6) is 11.5 Å². The van der Waals surface area contributed by atoms with E-state index in [9.17, 15) is 0 Å². The van der Waals surface area contributed by atoms with E-state index in [1.54, 1.807) is 7.11 Å². The molecule has 2 heteroatoms. The molecule has 0 saturated carbocycles. The number of rotatable bonds is 4. The molecule has 1 rings (SSSR count). The lowest BCUT2D eigenvalue weighted by Gasteiger charge is -2.11. The quantitative estimate of drug-likeness (QED) is 0.731. The van der Waals surface area contributed by atoms with E-state index in [4.69, 9.17) is 9.47 Å². The molecule has 0 aliphatic heterocycles. The van der Waals surface area contributed by atoms with E-state index < -0.39 is 0 Å². The van der Waals surface area contributed by atoms with Gasteiger partial charge in [-0.05, 0) is 30.5 Å². The lowest BCUT2D eigenvalue weighted by molar-refractivity contribution is 0.336. The SMILES string of the molecule is CCOc1cc(OC)cc([C](C)C)c1. The molecular weight excluding hydrogens is 176 g/mol. The van der Waals surface area contributed by atoms with Crippen LogP contribution in [0.2, 0.25) is 0 Å². The minimum absolute atomic E-state index is 0.676. The van der Waals surface area contributed by atoms with Crippen LogP contribution < -0.4 is 9.47 Å². The van der Waals surface area contributed by atoms with Crippen molar-refractivity contribution in [2.75, 3.05) is 13.7 Å². The molecule has 0 N–H and O–H groups in total. The summed E-state index contributed by atoms with van der Waals surface area (Å²) < 4.78 is 10.6. The summed E-state index contributed by atoms with van der Waals surface area (Å²) in [5.74, 6) is 2.96. The normalized spacial score (nSPS) is 10.4. The average molecular weight is 193 g/mol. The molecule has 0 aliphatic carbocycles. The fourth-order valence-electron chi connectivity index (χ4n) is 1.23. The minimum atomic E-state index is 0.676. The summed E-state index contributed by atoms with van der Waals surface area (Å²) in [7, 11) is 1.67. The Morgan fingerprint density at radius 1 is 1.14 bits per heavy atom. The molecule has 0 unspecified atom stereocenters. The zero-order valence-electron chi connectivity index (χ0n) is 9.26. The maximum absolute atomic E-state index is 5.45. The molecule has 0 heterocycles. The third kappa shape index (κ3) is 2.66. The van der Waals surface area contributed by atoms with Gasteiger partial charge in [0.15, 0.2) is 0 Å². The Bertz CT molecular complexity index is 292. The van der Waals surface area contributed by atoms with Crippen LogP contribution in [0.3, 0.4) is 0 Å². The van der Waals surface area contributed by atoms with Crippen molar-refractivity contribution in [1.82, 2.24) is 0 Å². The number of benzene rings is 1. The third-order valence-electron chi connectivity index (χ3n) is 2.00. The molecule has 0 aromatic heterocycles. The van der Waals surface area contributed by atoms with Gasteiger partial charge in [-0.2, -0.15) is 0 Å². The fourth-order valence-corrected chi connectivity index (χ4v) is 1.23. The molecule has 0 spiro atoms. The van der Waals surface area contributed by atoms with E-state index in [2.05, 4.69) is 13.8 Å². The zero-order valence-corrected chi connectivity index (χ0v) is 9.26. The molecule has 0 saturated heterocycles. The van der Waals surface area contributed by atoms with Gasteiger partial charge in [-0.3, -0.25) is 0 Å². The topological polar surface area (TPSA) is 18.5 Å². The van der Waals surface area contributed by atoms with Gasteiger partial charge in [0.25, 0.3) is 0 Å². The molecule has 14 heavy (non-hydrogen) atoms. The van der Waals surface area contributed by atoms with Crippen LogP contribution in [0.1, 0.15) is 26.3 Å². The number of methoxy groups -OCH3 is 1. The lowest BCUT2D eigenvalue weighted by atomic mass is 10.0. The summed E-state index contributed by atoms with van der Waals surface area (Å²) in [6.45, 7) is 6.80. The van der Waals surface area contributed by atoms with Crippen LogP contribution in [0.25, 0.3) is 0 Å². The standard InChI is InChI=1S/C12H17O2/c1-5-14-12-7-10(9(2)3)6-11(8-12)13-4/h6-8H,5H2,1-4H3. The Labute approximate surface area is 85.8 Å². The van der Waals surface area contributed by atoms with Crippen molar-refractivity contribution in [3.8, 4) is 11.5 Å². The first-order valence-electron chi connectivity index (χ1n) is 4.79. The van der Waals surface area contributed by atoms with Crippen molar-refractivity contribution in [2.45, 2.75) is 20.8 Å². The molecular formula is C12H17O2. The van der Waals surface area contributed by atoms with E-state index in [1.807, 2.05) is 25.1 Å². The van der Waals surface area contributed by atoms with Crippen LogP contribution in [-0.2, 0) is 0 Å². The first-order chi connectivity index (χ1) is 6.67. The van der Waals surface area contributed by atoms with Crippen LogP contribution in [-0.4, -0.2) is 13.7 Å². The summed E-state index contributed by atoms with van der Waals surface area (Å²) in [5.41, 5.74) is 1.16. The van der Waals surface area contributed by atoms with E-state index in [0.717, 1.165) is 17.1 Å². The van der Waals surface area contributed by atoms with Crippen molar-refractivity contribution in [1.29, 1.82) is 0 Å². The van der Waals surface area contributed by atoms with Gasteiger partial charge in [0.2, 0.25) is 0 Å². The number of hydrogen-bond donors (Lipinski definition) is 0. The maximum atomic E-state index is 5.45. The molecule has 1 radical (unpaired) electrons. The van der Waals surface area contributed by atoms with Gasteiger partial charge in [-0.25, -0.2) is 0 Å². The van der Waals surface area contributed by atoms with Gasteiger partial charge in [-0.15, -0.1) is 0 Å². The summed E-state index contributed by atoms with van der Waals surface area (Å²) in [6.07, 6.45) is 0. The highest BCUT2D eigenvalue weighted by atomic mass is 16.5. The smallest absolute Gasteiger partial charge is 0.123 e. The number of hydrogen-bond acceptors (Lipinski definition) is 2. The molecule has 1 aromatic carbocycles. The van der Waals surface area contributed by atoms with Crippen LogP contribution in [0.4, 0.5) is 0 Å². The van der Waals surface area contributed by atoms with Crippen molar-refractivity contribution >= 4 is 0 Å². The predicted molar refractivity (Wildman–Crippen MR) is 57.9 cm³/mol.